The minimum atomic E-state index is -0.298. The molecular weight excluding hydrogens is 433 g/mol. The SMILES string of the molecule is CCCOc1ccc(CNC(=O)c2ccc(Oc3ncc(-c4ccc(F)cc4)cn3)cc2)cc1. The summed E-state index contributed by atoms with van der Waals surface area (Å²) < 4.78 is 24.3. The van der Waals surface area contributed by atoms with Gasteiger partial charge in [0, 0.05) is 30.1 Å². The van der Waals surface area contributed by atoms with Gasteiger partial charge in [0.05, 0.1) is 6.61 Å². The van der Waals surface area contributed by atoms with Crippen LogP contribution >= 0.6 is 0 Å². The molecule has 0 aliphatic rings. The molecule has 0 aliphatic heterocycles. The van der Waals surface area contributed by atoms with Gasteiger partial charge in [0.15, 0.2) is 0 Å². The number of nitrogens with one attached hydrogen (secondary N) is 1. The predicted molar refractivity (Wildman–Crippen MR) is 127 cm³/mol. The Hall–Kier alpha value is -4.26. The molecule has 6 nitrogen and oxygen atoms in total. The molecule has 1 aromatic heterocycles. The second-order valence-corrected chi connectivity index (χ2v) is 7.56. The molecular formula is C27H24FN3O3. The number of carbonyl (C=O) groups excluding carboxylic acids is 1. The third-order valence-electron chi connectivity index (χ3n) is 4.98. The first kappa shape index (κ1) is 22.9. The van der Waals surface area contributed by atoms with Crippen LogP contribution in [0.5, 0.6) is 17.5 Å². The minimum Gasteiger partial charge on any atom is -0.494 e. The molecule has 0 bridgehead atoms. The van der Waals surface area contributed by atoms with Crippen LogP contribution in [0.15, 0.2) is 85.2 Å². The molecule has 1 amide bonds. The van der Waals surface area contributed by atoms with E-state index in [2.05, 4.69) is 22.2 Å². The highest BCUT2D eigenvalue weighted by atomic mass is 19.1. The van der Waals surface area contributed by atoms with Gasteiger partial charge in [0.1, 0.15) is 17.3 Å². The van der Waals surface area contributed by atoms with Gasteiger partial charge in [-0.3, -0.25) is 4.79 Å². The van der Waals surface area contributed by atoms with Crippen molar-refractivity contribution >= 4 is 5.91 Å². The maximum atomic E-state index is 13.1. The molecule has 0 saturated carbocycles. The number of rotatable bonds is 9. The van der Waals surface area contributed by atoms with Gasteiger partial charge in [0.2, 0.25) is 0 Å². The molecule has 4 rings (SSSR count). The molecule has 0 aliphatic carbocycles. The van der Waals surface area contributed by atoms with E-state index in [9.17, 15) is 9.18 Å². The third-order valence-corrected chi connectivity index (χ3v) is 4.98. The number of halogens is 1. The monoisotopic (exact) mass is 457 g/mol. The normalized spacial score (nSPS) is 10.5. The Balaban J connectivity index is 1.30. The lowest BCUT2D eigenvalue weighted by Crippen LogP contribution is -2.22. The van der Waals surface area contributed by atoms with E-state index in [1.807, 2.05) is 24.3 Å². The predicted octanol–water partition coefficient (Wildman–Crippen LogP) is 5.79. The summed E-state index contributed by atoms with van der Waals surface area (Å²) >= 11 is 0. The fourth-order valence-corrected chi connectivity index (χ4v) is 3.15. The second kappa shape index (κ2) is 11.0. The van der Waals surface area contributed by atoms with Crippen molar-refractivity contribution in [1.82, 2.24) is 15.3 Å². The molecule has 0 saturated heterocycles. The zero-order valence-corrected chi connectivity index (χ0v) is 18.7. The van der Waals surface area contributed by atoms with Gasteiger partial charge in [0.25, 0.3) is 5.91 Å². The molecule has 0 unspecified atom stereocenters. The largest absolute Gasteiger partial charge is 0.494 e. The first-order valence-corrected chi connectivity index (χ1v) is 11.0. The Kier molecular flexibility index (Phi) is 7.45. The van der Waals surface area contributed by atoms with E-state index in [4.69, 9.17) is 9.47 Å². The number of benzene rings is 3. The van der Waals surface area contributed by atoms with Crippen LogP contribution in [-0.4, -0.2) is 22.5 Å². The smallest absolute Gasteiger partial charge is 0.321 e. The molecule has 4 aromatic rings. The Morgan fingerprint density at radius 3 is 2.15 bits per heavy atom. The Morgan fingerprint density at radius 2 is 1.50 bits per heavy atom. The van der Waals surface area contributed by atoms with E-state index in [0.29, 0.717) is 24.5 Å². The summed E-state index contributed by atoms with van der Waals surface area (Å²) in [7, 11) is 0. The second-order valence-electron chi connectivity index (χ2n) is 7.56. The van der Waals surface area contributed by atoms with Crippen molar-refractivity contribution in [2.24, 2.45) is 0 Å². The van der Waals surface area contributed by atoms with Crippen LogP contribution in [0.2, 0.25) is 0 Å². The first-order chi connectivity index (χ1) is 16.6. The fraction of sp³-hybridized carbons (Fsp3) is 0.148. The lowest BCUT2D eigenvalue weighted by Gasteiger charge is -2.08. The van der Waals surface area contributed by atoms with E-state index in [1.54, 1.807) is 48.8 Å². The zero-order chi connectivity index (χ0) is 23.8. The zero-order valence-electron chi connectivity index (χ0n) is 18.7. The van der Waals surface area contributed by atoms with Crippen LogP contribution in [-0.2, 0) is 6.54 Å². The topological polar surface area (TPSA) is 73.3 Å². The van der Waals surface area contributed by atoms with Gasteiger partial charge in [-0.25, -0.2) is 14.4 Å². The average molecular weight is 458 g/mol. The summed E-state index contributed by atoms with van der Waals surface area (Å²) in [5.74, 6) is 0.849. The lowest BCUT2D eigenvalue weighted by atomic mass is 10.1. The number of carbonyl (C=O) groups is 1. The summed E-state index contributed by atoms with van der Waals surface area (Å²) in [6, 6.07) is 20.7. The number of hydrogen-bond donors (Lipinski definition) is 1. The number of nitrogens with zero attached hydrogens (tertiary/aromatic N) is 2. The van der Waals surface area contributed by atoms with Crippen LogP contribution in [0.1, 0.15) is 29.3 Å². The molecule has 3 aromatic carbocycles. The van der Waals surface area contributed by atoms with Crippen LogP contribution in [0.3, 0.4) is 0 Å². The lowest BCUT2D eigenvalue weighted by molar-refractivity contribution is 0.0951. The summed E-state index contributed by atoms with van der Waals surface area (Å²) in [6.07, 6.45) is 4.18. The minimum absolute atomic E-state index is 0.175. The fourth-order valence-electron chi connectivity index (χ4n) is 3.15. The molecule has 7 heteroatoms. The Bertz CT molecular complexity index is 1210. The van der Waals surface area contributed by atoms with Crippen molar-refractivity contribution in [2.45, 2.75) is 19.9 Å². The Labute approximate surface area is 197 Å². The van der Waals surface area contributed by atoms with Gasteiger partial charge < -0.3 is 14.8 Å². The summed E-state index contributed by atoms with van der Waals surface area (Å²) in [6.45, 7) is 3.16. The van der Waals surface area contributed by atoms with E-state index >= 15 is 0 Å². The maximum absolute atomic E-state index is 13.1. The van der Waals surface area contributed by atoms with Gasteiger partial charge >= 0.3 is 6.01 Å². The van der Waals surface area contributed by atoms with Gasteiger partial charge in [-0.15, -0.1) is 0 Å². The standard InChI is InChI=1S/C27H24FN3O3/c1-2-15-33-24-11-3-19(4-12-24)16-29-26(32)21-7-13-25(14-8-21)34-27-30-17-22(18-31-27)20-5-9-23(28)10-6-20/h3-14,17-18H,2,15-16H2,1H3,(H,29,32). The summed E-state index contributed by atoms with van der Waals surface area (Å²) in [4.78, 5) is 20.9. The molecule has 0 fully saturated rings. The van der Waals surface area contributed by atoms with Crippen molar-refractivity contribution in [2.75, 3.05) is 6.61 Å². The number of hydrogen-bond acceptors (Lipinski definition) is 5. The number of ether oxygens (including phenoxy) is 2. The molecule has 1 heterocycles. The maximum Gasteiger partial charge on any atom is 0.321 e. The van der Waals surface area contributed by atoms with Crippen LogP contribution in [0.25, 0.3) is 11.1 Å². The molecule has 34 heavy (non-hydrogen) atoms. The third kappa shape index (κ3) is 6.16. The van der Waals surface area contributed by atoms with Crippen molar-refractivity contribution < 1.29 is 18.7 Å². The van der Waals surface area contributed by atoms with Gasteiger partial charge in [-0.1, -0.05) is 31.2 Å². The number of amides is 1. The summed E-state index contributed by atoms with van der Waals surface area (Å²) in [5.41, 5.74) is 3.06. The first-order valence-electron chi connectivity index (χ1n) is 11.0. The molecule has 0 radical (unpaired) electrons. The Morgan fingerprint density at radius 1 is 0.853 bits per heavy atom. The molecule has 0 atom stereocenters. The van der Waals surface area contributed by atoms with Crippen LogP contribution < -0.4 is 14.8 Å². The van der Waals surface area contributed by atoms with E-state index in [0.717, 1.165) is 28.9 Å². The summed E-state index contributed by atoms with van der Waals surface area (Å²) in [5, 5.41) is 2.90. The highest BCUT2D eigenvalue weighted by Gasteiger charge is 2.08. The quantitative estimate of drug-likeness (QED) is 0.344. The van der Waals surface area contributed by atoms with E-state index in [-0.39, 0.29) is 17.7 Å². The molecule has 1 N–H and O–H groups in total. The average Bonchev–Trinajstić information content (AvgIpc) is 2.88. The van der Waals surface area contributed by atoms with Crippen molar-refractivity contribution in [1.29, 1.82) is 0 Å². The number of aromatic nitrogens is 2. The van der Waals surface area contributed by atoms with E-state index < -0.39 is 0 Å². The van der Waals surface area contributed by atoms with Crippen molar-refractivity contribution in [3.8, 4) is 28.6 Å². The van der Waals surface area contributed by atoms with Crippen LogP contribution in [0.4, 0.5) is 4.39 Å². The van der Waals surface area contributed by atoms with E-state index in [1.165, 1.54) is 12.1 Å². The highest BCUT2D eigenvalue weighted by Crippen LogP contribution is 2.22. The van der Waals surface area contributed by atoms with Gasteiger partial charge in [-0.2, -0.15) is 0 Å². The molecule has 172 valence electrons. The highest BCUT2D eigenvalue weighted by molar-refractivity contribution is 5.94. The van der Waals surface area contributed by atoms with Crippen molar-refractivity contribution in [3.05, 3.63) is 102 Å². The van der Waals surface area contributed by atoms with Crippen molar-refractivity contribution in [3.63, 3.8) is 0 Å². The van der Waals surface area contributed by atoms with Gasteiger partial charge in [-0.05, 0) is 66.1 Å². The van der Waals surface area contributed by atoms with Crippen LogP contribution in [0, 0.1) is 5.82 Å². The molecule has 0 spiro atoms.